The van der Waals surface area contributed by atoms with Crippen molar-refractivity contribution in [3.63, 3.8) is 0 Å². The third kappa shape index (κ3) is 2.24. The maximum absolute atomic E-state index is 5.31. The quantitative estimate of drug-likeness (QED) is 0.536. The van der Waals surface area contributed by atoms with Gasteiger partial charge in [0, 0.05) is 17.3 Å². The van der Waals surface area contributed by atoms with Crippen LogP contribution in [0.4, 0.5) is 11.8 Å². The monoisotopic (exact) mass is 221 g/mol. The number of hydrogen-bond donors (Lipinski definition) is 3. The second kappa shape index (κ2) is 4.25. The Kier molecular flexibility index (Phi) is 2.96. The molecule has 0 bridgehead atoms. The molecule has 0 radical (unpaired) electrons. The zero-order chi connectivity index (χ0) is 11.6. The fourth-order valence-corrected chi connectivity index (χ4v) is 2.20. The number of anilines is 2. The summed E-state index contributed by atoms with van der Waals surface area (Å²) in [7, 11) is 0. The Hall–Kier alpha value is -1.36. The molecular formula is C11H19N5. The number of aryl methyl sites for hydroxylation is 1. The van der Waals surface area contributed by atoms with E-state index < -0.39 is 0 Å². The first-order valence-electron chi connectivity index (χ1n) is 5.71. The standard InChI is InChI=1S/C11H19N5/c1-8-7-13-10(16-12)14-9(8)15-11(2)5-3-4-6-11/h7H,3-6,12H2,1-2H3,(H2,13,14,15,16). The van der Waals surface area contributed by atoms with E-state index in [9.17, 15) is 0 Å². The molecule has 1 aromatic heterocycles. The van der Waals surface area contributed by atoms with Crippen LogP contribution in [0.2, 0.25) is 0 Å². The van der Waals surface area contributed by atoms with Crippen molar-refractivity contribution in [1.29, 1.82) is 0 Å². The van der Waals surface area contributed by atoms with Gasteiger partial charge in [0.2, 0.25) is 5.95 Å². The number of rotatable bonds is 3. The molecule has 1 saturated carbocycles. The highest BCUT2D eigenvalue weighted by Gasteiger charge is 2.29. The fraction of sp³-hybridized carbons (Fsp3) is 0.636. The van der Waals surface area contributed by atoms with Gasteiger partial charge in [-0.3, -0.25) is 5.43 Å². The van der Waals surface area contributed by atoms with Gasteiger partial charge in [-0.25, -0.2) is 10.8 Å². The molecule has 0 atom stereocenters. The third-order valence-electron chi connectivity index (χ3n) is 3.23. The first-order valence-corrected chi connectivity index (χ1v) is 5.71. The van der Waals surface area contributed by atoms with Crippen LogP contribution in [0.15, 0.2) is 6.20 Å². The van der Waals surface area contributed by atoms with E-state index in [-0.39, 0.29) is 5.54 Å². The predicted octanol–water partition coefficient (Wildman–Crippen LogP) is 1.82. The molecule has 0 saturated heterocycles. The molecule has 16 heavy (non-hydrogen) atoms. The number of nitrogens with two attached hydrogens (primary N) is 1. The van der Waals surface area contributed by atoms with Gasteiger partial charge in [-0.1, -0.05) is 12.8 Å². The van der Waals surface area contributed by atoms with Gasteiger partial charge in [0.25, 0.3) is 0 Å². The molecule has 0 unspecified atom stereocenters. The Balaban J connectivity index is 2.19. The van der Waals surface area contributed by atoms with Crippen LogP contribution < -0.4 is 16.6 Å². The average Bonchev–Trinajstić information content (AvgIpc) is 2.68. The Morgan fingerprint density at radius 2 is 2.06 bits per heavy atom. The predicted molar refractivity (Wildman–Crippen MR) is 65.1 cm³/mol. The SMILES string of the molecule is Cc1cnc(NN)nc1NC1(C)CCCC1. The molecule has 1 heterocycles. The summed E-state index contributed by atoms with van der Waals surface area (Å²) in [6, 6.07) is 0. The highest BCUT2D eigenvalue weighted by molar-refractivity contribution is 5.48. The van der Waals surface area contributed by atoms with Crippen molar-refractivity contribution in [3.05, 3.63) is 11.8 Å². The summed E-state index contributed by atoms with van der Waals surface area (Å²) >= 11 is 0. The van der Waals surface area contributed by atoms with Crippen LogP contribution >= 0.6 is 0 Å². The molecule has 1 aliphatic carbocycles. The van der Waals surface area contributed by atoms with Crippen molar-refractivity contribution >= 4 is 11.8 Å². The van der Waals surface area contributed by atoms with E-state index >= 15 is 0 Å². The van der Waals surface area contributed by atoms with Crippen molar-refractivity contribution in [2.24, 2.45) is 5.84 Å². The molecule has 1 aliphatic rings. The van der Waals surface area contributed by atoms with Gasteiger partial charge in [0.05, 0.1) is 0 Å². The lowest BCUT2D eigenvalue weighted by molar-refractivity contribution is 0.530. The summed E-state index contributed by atoms with van der Waals surface area (Å²) in [5, 5.41) is 3.51. The van der Waals surface area contributed by atoms with E-state index in [0.29, 0.717) is 5.95 Å². The summed E-state index contributed by atoms with van der Waals surface area (Å²) in [5.41, 5.74) is 3.69. The van der Waals surface area contributed by atoms with Crippen LogP contribution in [0, 0.1) is 6.92 Å². The molecule has 1 fully saturated rings. The maximum atomic E-state index is 5.31. The van der Waals surface area contributed by atoms with Crippen LogP contribution in [-0.2, 0) is 0 Å². The van der Waals surface area contributed by atoms with Crippen LogP contribution in [-0.4, -0.2) is 15.5 Å². The Morgan fingerprint density at radius 3 is 2.69 bits per heavy atom. The number of nitrogens with zero attached hydrogens (tertiary/aromatic N) is 2. The number of aromatic nitrogens is 2. The van der Waals surface area contributed by atoms with E-state index in [1.807, 2.05) is 6.92 Å². The molecule has 0 spiro atoms. The minimum absolute atomic E-state index is 0.172. The van der Waals surface area contributed by atoms with Crippen molar-refractivity contribution in [1.82, 2.24) is 9.97 Å². The van der Waals surface area contributed by atoms with Crippen molar-refractivity contribution in [2.75, 3.05) is 10.7 Å². The normalized spacial score (nSPS) is 18.4. The molecule has 0 aliphatic heterocycles. The minimum Gasteiger partial charge on any atom is -0.365 e. The second-order valence-electron chi connectivity index (χ2n) is 4.76. The Labute approximate surface area is 95.8 Å². The van der Waals surface area contributed by atoms with Gasteiger partial charge in [-0.15, -0.1) is 0 Å². The summed E-state index contributed by atoms with van der Waals surface area (Å²) in [5.74, 6) is 6.64. The zero-order valence-corrected chi connectivity index (χ0v) is 9.88. The average molecular weight is 221 g/mol. The Bertz CT molecular complexity index is 371. The topological polar surface area (TPSA) is 75.9 Å². The maximum Gasteiger partial charge on any atom is 0.239 e. The molecule has 1 aromatic rings. The van der Waals surface area contributed by atoms with E-state index in [1.165, 1.54) is 25.7 Å². The lowest BCUT2D eigenvalue weighted by atomic mass is 10.0. The van der Waals surface area contributed by atoms with Crippen molar-refractivity contribution in [2.45, 2.75) is 45.1 Å². The summed E-state index contributed by atoms with van der Waals surface area (Å²) < 4.78 is 0. The van der Waals surface area contributed by atoms with Crippen molar-refractivity contribution < 1.29 is 0 Å². The van der Waals surface area contributed by atoms with Crippen LogP contribution in [0.1, 0.15) is 38.2 Å². The van der Waals surface area contributed by atoms with Gasteiger partial charge in [-0.05, 0) is 26.7 Å². The van der Waals surface area contributed by atoms with Crippen LogP contribution in [0.5, 0.6) is 0 Å². The molecule has 0 amide bonds. The second-order valence-corrected chi connectivity index (χ2v) is 4.76. The smallest absolute Gasteiger partial charge is 0.239 e. The minimum atomic E-state index is 0.172. The molecule has 5 nitrogen and oxygen atoms in total. The number of nitrogen functional groups attached to an aromatic ring is 1. The number of nitrogens with one attached hydrogen (secondary N) is 2. The van der Waals surface area contributed by atoms with E-state index in [0.717, 1.165) is 11.4 Å². The summed E-state index contributed by atoms with van der Waals surface area (Å²) in [4.78, 5) is 8.41. The molecular weight excluding hydrogens is 202 g/mol. The summed E-state index contributed by atoms with van der Waals surface area (Å²) in [6.45, 7) is 4.25. The number of hydrogen-bond acceptors (Lipinski definition) is 5. The third-order valence-corrected chi connectivity index (χ3v) is 3.23. The van der Waals surface area contributed by atoms with Gasteiger partial charge in [-0.2, -0.15) is 4.98 Å². The molecule has 2 rings (SSSR count). The highest BCUT2D eigenvalue weighted by atomic mass is 15.3. The first kappa shape index (κ1) is 11.1. The zero-order valence-electron chi connectivity index (χ0n) is 9.88. The van der Waals surface area contributed by atoms with Gasteiger partial charge < -0.3 is 5.32 Å². The molecule has 4 N–H and O–H groups in total. The van der Waals surface area contributed by atoms with Crippen LogP contribution in [0.3, 0.4) is 0 Å². The van der Waals surface area contributed by atoms with Gasteiger partial charge in [0.1, 0.15) is 5.82 Å². The molecule has 5 heteroatoms. The molecule has 0 aromatic carbocycles. The van der Waals surface area contributed by atoms with Gasteiger partial charge in [0.15, 0.2) is 0 Å². The lowest BCUT2D eigenvalue weighted by Crippen LogP contribution is -2.32. The largest absolute Gasteiger partial charge is 0.365 e. The van der Waals surface area contributed by atoms with E-state index in [4.69, 9.17) is 5.84 Å². The highest BCUT2D eigenvalue weighted by Crippen LogP contribution is 2.32. The summed E-state index contributed by atoms with van der Waals surface area (Å²) in [6.07, 6.45) is 6.75. The first-order chi connectivity index (χ1) is 7.63. The molecule has 88 valence electrons. The number of hydrazine groups is 1. The van der Waals surface area contributed by atoms with Gasteiger partial charge >= 0.3 is 0 Å². The lowest BCUT2D eigenvalue weighted by Gasteiger charge is -2.26. The van der Waals surface area contributed by atoms with Crippen LogP contribution in [0.25, 0.3) is 0 Å². The Morgan fingerprint density at radius 1 is 1.38 bits per heavy atom. The van der Waals surface area contributed by atoms with E-state index in [2.05, 4.69) is 27.6 Å². The van der Waals surface area contributed by atoms with E-state index in [1.54, 1.807) is 6.20 Å². The van der Waals surface area contributed by atoms with Crippen molar-refractivity contribution in [3.8, 4) is 0 Å². The fourth-order valence-electron chi connectivity index (χ4n) is 2.20.